The summed E-state index contributed by atoms with van der Waals surface area (Å²) in [6, 6.07) is 1.82. The van der Waals surface area contributed by atoms with Crippen LogP contribution in [0.1, 0.15) is 4.88 Å². The Morgan fingerprint density at radius 1 is 1.45 bits per heavy atom. The zero-order chi connectivity index (χ0) is 14.1. The van der Waals surface area contributed by atoms with E-state index in [9.17, 15) is 9.59 Å². The summed E-state index contributed by atoms with van der Waals surface area (Å²) in [6.45, 7) is 4.26. The van der Waals surface area contributed by atoms with Crippen molar-refractivity contribution in [3.8, 4) is 0 Å². The van der Waals surface area contributed by atoms with Crippen LogP contribution in [0, 0.1) is 6.92 Å². The van der Waals surface area contributed by atoms with Gasteiger partial charge < -0.3 is 9.64 Å². The molecule has 1 aliphatic rings. The first-order chi connectivity index (χ1) is 9.65. The minimum atomic E-state index is -0.152. The average molecular weight is 293 g/mol. The highest BCUT2D eigenvalue weighted by molar-refractivity contribution is 7.18. The third kappa shape index (κ3) is 2.46. The number of rotatable bonds is 2. The van der Waals surface area contributed by atoms with Gasteiger partial charge in [0, 0.05) is 18.0 Å². The molecule has 1 saturated heterocycles. The van der Waals surface area contributed by atoms with Crippen molar-refractivity contribution in [2.45, 2.75) is 13.5 Å². The van der Waals surface area contributed by atoms with Crippen molar-refractivity contribution in [2.75, 3.05) is 26.3 Å². The fraction of sp³-hybridized carbons (Fsp3) is 0.462. The molecule has 20 heavy (non-hydrogen) atoms. The van der Waals surface area contributed by atoms with Crippen molar-refractivity contribution in [2.24, 2.45) is 0 Å². The zero-order valence-electron chi connectivity index (χ0n) is 11.2. The number of aryl methyl sites for hydroxylation is 1. The molecule has 6 nitrogen and oxygen atoms in total. The third-order valence-electron chi connectivity index (χ3n) is 3.31. The third-order valence-corrected chi connectivity index (χ3v) is 4.27. The summed E-state index contributed by atoms with van der Waals surface area (Å²) in [7, 11) is 0. The van der Waals surface area contributed by atoms with Crippen LogP contribution in [0.25, 0.3) is 10.2 Å². The van der Waals surface area contributed by atoms with Crippen LogP contribution in [0.3, 0.4) is 0 Å². The molecule has 3 heterocycles. The molecule has 1 amide bonds. The average Bonchev–Trinajstić information content (AvgIpc) is 2.84. The van der Waals surface area contributed by atoms with Gasteiger partial charge in [-0.05, 0) is 13.0 Å². The maximum atomic E-state index is 12.3. The van der Waals surface area contributed by atoms with Crippen LogP contribution >= 0.6 is 11.3 Å². The molecule has 7 heteroatoms. The number of aromatic nitrogens is 2. The second-order valence-electron chi connectivity index (χ2n) is 4.75. The number of morpholine rings is 1. The lowest BCUT2D eigenvalue weighted by molar-refractivity contribution is -0.135. The summed E-state index contributed by atoms with van der Waals surface area (Å²) in [6.07, 6.45) is 1.46. The van der Waals surface area contributed by atoms with E-state index in [4.69, 9.17) is 4.74 Å². The van der Waals surface area contributed by atoms with Crippen LogP contribution in [0.4, 0.5) is 0 Å². The smallest absolute Gasteiger partial charge is 0.262 e. The highest BCUT2D eigenvalue weighted by Crippen LogP contribution is 2.19. The number of carbonyl (C=O) groups excluding carboxylic acids is 1. The second-order valence-corrected chi connectivity index (χ2v) is 5.98. The summed E-state index contributed by atoms with van der Waals surface area (Å²) in [5.41, 5.74) is -0.152. The number of hydrogen-bond acceptors (Lipinski definition) is 5. The Morgan fingerprint density at radius 2 is 2.20 bits per heavy atom. The van der Waals surface area contributed by atoms with E-state index in [0.29, 0.717) is 31.7 Å². The molecule has 0 radical (unpaired) electrons. The molecule has 0 aliphatic carbocycles. The van der Waals surface area contributed by atoms with Gasteiger partial charge in [0.1, 0.15) is 11.4 Å². The van der Waals surface area contributed by atoms with Crippen LogP contribution in [-0.4, -0.2) is 46.7 Å². The Labute approximate surface area is 119 Å². The van der Waals surface area contributed by atoms with E-state index in [0.717, 1.165) is 9.71 Å². The molecule has 0 spiro atoms. The molecule has 106 valence electrons. The Hall–Kier alpha value is -1.73. The Balaban J connectivity index is 1.85. The molecule has 1 aliphatic heterocycles. The molecule has 0 saturated carbocycles. The molecule has 3 rings (SSSR count). The van der Waals surface area contributed by atoms with Crippen molar-refractivity contribution >= 4 is 27.5 Å². The summed E-state index contributed by atoms with van der Waals surface area (Å²) in [5, 5.41) is 0.588. The molecule has 2 aromatic rings. The predicted molar refractivity (Wildman–Crippen MR) is 76.0 cm³/mol. The lowest BCUT2D eigenvalue weighted by atomic mass is 10.3. The molecule has 0 atom stereocenters. The lowest BCUT2D eigenvalue weighted by Gasteiger charge is -2.26. The SMILES string of the molecule is Cc1cc2c(=O)n(CC(=O)N3CCOCC3)cnc2s1. The van der Waals surface area contributed by atoms with Crippen LogP contribution in [0.2, 0.25) is 0 Å². The number of nitrogens with zero attached hydrogens (tertiary/aromatic N) is 3. The highest BCUT2D eigenvalue weighted by Gasteiger charge is 2.18. The Bertz CT molecular complexity index is 700. The van der Waals surface area contributed by atoms with Gasteiger partial charge in [0.2, 0.25) is 5.91 Å². The number of fused-ring (bicyclic) bond motifs is 1. The standard InChI is InChI=1S/C13H15N3O3S/c1-9-6-10-12(20-9)14-8-16(13(10)18)7-11(17)15-2-4-19-5-3-15/h6,8H,2-5,7H2,1H3. The van der Waals surface area contributed by atoms with Gasteiger partial charge in [0.25, 0.3) is 5.56 Å². The molecule has 2 aromatic heterocycles. The van der Waals surface area contributed by atoms with E-state index in [2.05, 4.69) is 4.98 Å². The predicted octanol–water partition coefficient (Wildman–Crippen LogP) is 0.625. The maximum Gasteiger partial charge on any atom is 0.262 e. The van der Waals surface area contributed by atoms with Crippen molar-refractivity contribution in [1.29, 1.82) is 0 Å². The van der Waals surface area contributed by atoms with Crippen LogP contribution < -0.4 is 5.56 Å². The molecule has 1 fully saturated rings. The number of hydrogen-bond donors (Lipinski definition) is 0. The van der Waals surface area contributed by atoms with Gasteiger partial charge in [-0.25, -0.2) is 4.98 Å². The first kappa shape index (κ1) is 13.3. The summed E-state index contributed by atoms with van der Waals surface area (Å²) in [4.78, 5) is 32.2. The van der Waals surface area contributed by atoms with Crippen LogP contribution in [-0.2, 0) is 16.1 Å². The maximum absolute atomic E-state index is 12.3. The molecular formula is C13H15N3O3S. The van der Waals surface area contributed by atoms with Gasteiger partial charge in [-0.3, -0.25) is 14.2 Å². The van der Waals surface area contributed by atoms with Crippen LogP contribution in [0.15, 0.2) is 17.2 Å². The van der Waals surface area contributed by atoms with E-state index in [1.54, 1.807) is 4.90 Å². The van der Waals surface area contributed by atoms with Gasteiger partial charge in [0.05, 0.1) is 24.9 Å². The van der Waals surface area contributed by atoms with Gasteiger partial charge in [-0.2, -0.15) is 0 Å². The zero-order valence-corrected chi connectivity index (χ0v) is 12.0. The van der Waals surface area contributed by atoms with E-state index in [1.807, 2.05) is 13.0 Å². The molecule has 0 unspecified atom stereocenters. The topological polar surface area (TPSA) is 64.4 Å². The summed E-state index contributed by atoms with van der Waals surface area (Å²) < 4.78 is 6.59. The molecule has 0 bridgehead atoms. The van der Waals surface area contributed by atoms with Gasteiger partial charge in [0.15, 0.2) is 0 Å². The first-order valence-electron chi connectivity index (χ1n) is 6.46. The van der Waals surface area contributed by atoms with Crippen molar-refractivity contribution in [1.82, 2.24) is 14.5 Å². The Kier molecular flexibility index (Phi) is 3.54. The lowest BCUT2D eigenvalue weighted by Crippen LogP contribution is -2.43. The minimum absolute atomic E-state index is 0.0384. The minimum Gasteiger partial charge on any atom is -0.378 e. The quantitative estimate of drug-likeness (QED) is 0.814. The van der Waals surface area contributed by atoms with Crippen molar-refractivity contribution < 1.29 is 9.53 Å². The monoisotopic (exact) mass is 293 g/mol. The van der Waals surface area contributed by atoms with E-state index < -0.39 is 0 Å². The van der Waals surface area contributed by atoms with Gasteiger partial charge >= 0.3 is 0 Å². The van der Waals surface area contributed by atoms with Crippen molar-refractivity contribution in [3.63, 3.8) is 0 Å². The van der Waals surface area contributed by atoms with Gasteiger partial charge in [-0.1, -0.05) is 0 Å². The first-order valence-corrected chi connectivity index (χ1v) is 7.28. The number of carbonyl (C=O) groups is 1. The second kappa shape index (κ2) is 5.34. The molecule has 0 N–H and O–H groups in total. The largest absolute Gasteiger partial charge is 0.378 e. The van der Waals surface area contributed by atoms with Crippen molar-refractivity contribution in [3.05, 3.63) is 27.6 Å². The number of amides is 1. The normalized spacial score (nSPS) is 15.8. The van der Waals surface area contributed by atoms with Gasteiger partial charge in [-0.15, -0.1) is 11.3 Å². The van der Waals surface area contributed by atoms with E-state index in [-0.39, 0.29) is 18.0 Å². The van der Waals surface area contributed by atoms with E-state index in [1.165, 1.54) is 22.2 Å². The fourth-order valence-corrected chi connectivity index (χ4v) is 3.09. The summed E-state index contributed by atoms with van der Waals surface area (Å²) >= 11 is 1.49. The number of thiophene rings is 1. The molecular weight excluding hydrogens is 278 g/mol. The van der Waals surface area contributed by atoms with Crippen LogP contribution in [0.5, 0.6) is 0 Å². The fourth-order valence-electron chi connectivity index (χ4n) is 2.25. The van der Waals surface area contributed by atoms with E-state index >= 15 is 0 Å². The highest BCUT2D eigenvalue weighted by atomic mass is 32.1. The summed E-state index contributed by atoms with van der Waals surface area (Å²) in [5.74, 6) is -0.0662. The number of ether oxygens (including phenoxy) is 1. The Morgan fingerprint density at radius 3 is 2.95 bits per heavy atom. The molecule has 0 aromatic carbocycles.